The lowest BCUT2D eigenvalue weighted by molar-refractivity contribution is 0.102. The molecule has 0 aliphatic carbocycles. The Labute approximate surface area is 103 Å². The number of nitrogens with zero attached hydrogens (tertiary/aromatic N) is 1. The molecule has 0 saturated heterocycles. The zero-order valence-electron chi connectivity index (χ0n) is 9.68. The van der Waals surface area contributed by atoms with Crippen LogP contribution < -0.4 is 10.1 Å². The van der Waals surface area contributed by atoms with Crippen LogP contribution in [0, 0.1) is 5.95 Å². The van der Waals surface area contributed by atoms with Gasteiger partial charge in [-0.25, -0.2) is 4.98 Å². The Morgan fingerprint density at radius 2 is 2.00 bits per heavy atom. The van der Waals surface area contributed by atoms with Gasteiger partial charge < -0.3 is 10.1 Å². The van der Waals surface area contributed by atoms with Crippen molar-refractivity contribution in [1.82, 2.24) is 4.98 Å². The highest BCUT2D eigenvalue weighted by Crippen LogP contribution is 2.15. The van der Waals surface area contributed by atoms with Crippen LogP contribution in [0.5, 0.6) is 5.75 Å². The number of amides is 1. The topological polar surface area (TPSA) is 51.2 Å². The van der Waals surface area contributed by atoms with Gasteiger partial charge in [0.15, 0.2) is 0 Å². The Morgan fingerprint density at radius 3 is 2.61 bits per heavy atom. The fourth-order valence-corrected chi connectivity index (χ4v) is 1.42. The molecule has 1 N–H and O–H groups in total. The van der Waals surface area contributed by atoms with Crippen molar-refractivity contribution in [2.24, 2.45) is 0 Å². The van der Waals surface area contributed by atoms with Crippen LogP contribution in [0.3, 0.4) is 0 Å². The van der Waals surface area contributed by atoms with E-state index >= 15 is 0 Å². The minimum absolute atomic E-state index is 0.221. The van der Waals surface area contributed by atoms with Gasteiger partial charge in [0, 0.05) is 23.5 Å². The van der Waals surface area contributed by atoms with E-state index in [1.54, 1.807) is 31.4 Å². The normalized spacial score (nSPS) is 9.89. The SMILES string of the molecule is COc1ccc(NC(=O)c2ccnc(F)c2)cc1. The molecule has 0 radical (unpaired) electrons. The quantitative estimate of drug-likeness (QED) is 0.846. The Morgan fingerprint density at radius 1 is 1.28 bits per heavy atom. The smallest absolute Gasteiger partial charge is 0.255 e. The van der Waals surface area contributed by atoms with E-state index in [1.807, 2.05) is 0 Å². The highest BCUT2D eigenvalue weighted by Gasteiger charge is 2.07. The van der Waals surface area contributed by atoms with E-state index in [0.717, 1.165) is 6.07 Å². The lowest BCUT2D eigenvalue weighted by Crippen LogP contribution is -2.12. The average molecular weight is 246 g/mol. The molecule has 0 aliphatic heterocycles. The minimum atomic E-state index is -0.683. The van der Waals surface area contributed by atoms with E-state index < -0.39 is 5.95 Å². The second-order valence-corrected chi connectivity index (χ2v) is 3.55. The van der Waals surface area contributed by atoms with Gasteiger partial charge in [-0.1, -0.05) is 0 Å². The number of aromatic nitrogens is 1. The fourth-order valence-electron chi connectivity index (χ4n) is 1.42. The number of anilines is 1. The molecular weight excluding hydrogens is 235 g/mol. The summed E-state index contributed by atoms with van der Waals surface area (Å²) in [6.07, 6.45) is 1.25. The number of ether oxygens (including phenoxy) is 1. The van der Waals surface area contributed by atoms with Gasteiger partial charge in [-0.05, 0) is 30.3 Å². The van der Waals surface area contributed by atoms with E-state index in [9.17, 15) is 9.18 Å². The number of methoxy groups -OCH3 is 1. The first-order valence-corrected chi connectivity index (χ1v) is 5.26. The van der Waals surface area contributed by atoms with Gasteiger partial charge in [0.1, 0.15) is 5.75 Å². The van der Waals surface area contributed by atoms with Crippen LogP contribution in [0.4, 0.5) is 10.1 Å². The van der Waals surface area contributed by atoms with Gasteiger partial charge in [0.05, 0.1) is 7.11 Å². The maximum Gasteiger partial charge on any atom is 0.255 e. The van der Waals surface area contributed by atoms with Crippen LogP contribution >= 0.6 is 0 Å². The fraction of sp³-hybridized carbons (Fsp3) is 0.0769. The number of hydrogen-bond acceptors (Lipinski definition) is 3. The molecule has 0 spiro atoms. The van der Waals surface area contributed by atoms with E-state index in [-0.39, 0.29) is 11.5 Å². The summed E-state index contributed by atoms with van der Waals surface area (Å²) < 4.78 is 17.9. The molecule has 92 valence electrons. The second-order valence-electron chi connectivity index (χ2n) is 3.55. The van der Waals surface area contributed by atoms with E-state index in [2.05, 4.69) is 10.3 Å². The molecule has 2 aromatic rings. The molecule has 1 aromatic carbocycles. The Balaban J connectivity index is 2.11. The number of nitrogens with one attached hydrogen (secondary N) is 1. The Bertz CT molecular complexity index is 555. The Hall–Kier alpha value is -2.43. The molecule has 0 atom stereocenters. The molecule has 1 aromatic heterocycles. The molecule has 0 fully saturated rings. The summed E-state index contributed by atoms with van der Waals surface area (Å²) in [4.78, 5) is 15.2. The maximum absolute atomic E-state index is 12.9. The average Bonchev–Trinajstić information content (AvgIpc) is 2.39. The molecule has 0 bridgehead atoms. The maximum atomic E-state index is 12.9. The molecule has 0 aliphatic rings. The summed E-state index contributed by atoms with van der Waals surface area (Å²) in [6, 6.07) is 9.38. The van der Waals surface area contributed by atoms with Gasteiger partial charge in [-0.15, -0.1) is 0 Å². The number of halogens is 1. The number of rotatable bonds is 3. The van der Waals surface area contributed by atoms with E-state index in [4.69, 9.17) is 4.74 Å². The van der Waals surface area contributed by atoms with Gasteiger partial charge in [0.25, 0.3) is 5.91 Å². The zero-order chi connectivity index (χ0) is 13.0. The van der Waals surface area contributed by atoms with Crippen LogP contribution in [-0.4, -0.2) is 18.0 Å². The first-order chi connectivity index (χ1) is 8.69. The predicted molar refractivity (Wildman–Crippen MR) is 65.1 cm³/mol. The number of carbonyl (C=O) groups is 1. The molecule has 0 unspecified atom stereocenters. The van der Waals surface area contributed by atoms with Crippen molar-refractivity contribution in [2.75, 3.05) is 12.4 Å². The van der Waals surface area contributed by atoms with E-state index in [1.165, 1.54) is 12.3 Å². The van der Waals surface area contributed by atoms with Gasteiger partial charge in [-0.2, -0.15) is 4.39 Å². The summed E-state index contributed by atoms with van der Waals surface area (Å²) in [7, 11) is 1.56. The summed E-state index contributed by atoms with van der Waals surface area (Å²) in [5.74, 6) is -0.373. The molecule has 5 heteroatoms. The minimum Gasteiger partial charge on any atom is -0.497 e. The molecule has 0 saturated carbocycles. The summed E-state index contributed by atoms with van der Waals surface area (Å²) in [5, 5.41) is 2.65. The zero-order valence-corrected chi connectivity index (χ0v) is 9.68. The summed E-state index contributed by atoms with van der Waals surface area (Å²) in [6.45, 7) is 0. The van der Waals surface area contributed by atoms with Crippen LogP contribution in [0.1, 0.15) is 10.4 Å². The predicted octanol–water partition coefficient (Wildman–Crippen LogP) is 2.48. The molecule has 18 heavy (non-hydrogen) atoms. The number of pyridine rings is 1. The van der Waals surface area contributed by atoms with Crippen molar-refractivity contribution in [2.45, 2.75) is 0 Å². The summed E-state index contributed by atoms with van der Waals surface area (Å²) >= 11 is 0. The first-order valence-electron chi connectivity index (χ1n) is 5.26. The van der Waals surface area contributed by atoms with Gasteiger partial charge >= 0.3 is 0 Å². The van der Waals surface area contributed by atoms with Crippen molar-refractivity contribution >= 4 is 11.6 Å². The summed E-state index contributed by atoms with van der Waals surface area (Å²) in [5.41, 5.74) is 0.830. The number of carbonyl (C=O) groups excluding carboxylic acids is 1. The second kappa shape index (κ2) is 5.27. The third kappa shape index (κ3) is 2.82. The highest BCUT2D eigenvalue weighted by atomic mass is 19.1. The van der Waals surface area contributed by atoms with Crippen molar-refractivity contribution in [3.8, 4) is 5.75 Å². The third-order valence-electron chi connectivity index (χ3n) is 2.34. The van der Waals surface area contributed by atoms with Crippen molar-refractivity contribution < 1.29 is 13.9 Å². The van der Waals surface area contributed by atoms with Crippen LogP contribution in [-0.2, 0) is 0 Å². The van der Waals surface area contributed by atoms with Crippen LogP contribution in [0.15, 0.2) is 42.6 Å². The van der Waals surface area contributed by atoms with Crippen LogP contribution in [0.2, 0.25) is 0 Å². The van der Waals surface area contributed by atoms with Crippen LogP contribution in [0.25, 0.3) is 0 Å². The van der Waals surface area contributed by atoms with E-state index in [0.29, 0.717) is 11.4 Å². The van der Waals surface area contributed by atoms with Crippen molar-refractivity contribution in [3.05, 3.63) is 54.1 Å². The Kier molecular flexibility index (Phi) is 3.52. The first kappa shape index (κ1) is 12.0. The standard InChI is InChI=1S/C13H11FN2O2/c1-18-11-4-2-10(3-5-11)16-13(17)9-6-7-15-12(14)8-9/h2-8H,1H3,(H,16,17). The molecule has 1 amide bonds. The highest BCUT2D eigenvalue weighted by molar-refractivity contribution is 6.04. The molecule has 4 nitrogen and oxygen atoms in total. The lowest BCUT2D eigenvalue weighted by Gasteiger charge is -2.06. The number of hydrogen-bond donors (Lipinski definition) is 1. The van der Waals surface area contributed by atoms with Gasteiger partial charge in [0.2, 0.25) is 5.95 Å². The van der Waals surface area contributed by atoms with Gasteiger partial charge in [-0.3, -0.25) is 4.79 Å². The lowest BCUT2D eigenvalue weighted by atomic mass is 10.2. The monoisotopic (exact) mass is 246 g/mol. The largest absolute Gasteiger partial charge is 0.497 e. The molecular formula is C13H11FN2O2. The molecule has 1 heterocycles. The third-order valence-corrected chi connectivity index (χ3v) is 2.34. The number of benzene rings is 1. The molecule has 2 rings (SSSR count). The van der Waals surface area contributed by atoms with Crippen molar-refractivity contribution in [1.29, 1.82) is 0 Å². The van der Waals surface area contributed by atoms with Crippen molar-refractivity contribution in [3.63, 3.8) is 0 Å².